The summed E-state index contributed by atoms with van der Waals surface area (Å²) in [5, 5.41) is 19.8. The maximum Gasteiger partial charge on any atom is 0.320 e. The number of hydrogen-bond acceptors (Lipinski definition) is 3. The van der Waals surface area contributed by atoms with Crippen LogP contribution in [0.15, 0.2) is 0 Å². The van der Waals surface area contributed by atoms with Crippen LogP contribution in [-0.2, 0) is 4.79 Å². The van der Waals surface area contributed by atoms with Crippen molar-refractivity contribution in [1.82, 2.24) is 5.32 Å². The first-order valence-corrected chi connectivity index (χ1v) is 3.79. The van der Waals surface area contributed by atoms with Gasteiger partial charge in [0, 0.05) is 58.0 Å². The van der Waals surface area contributed by atoms with Crippen LogP contribution in [0.2, 0.25) is 0 Å². The molecule has 0 aliphatic heterocycles. The van der Waals surface area contributed by atoms with Crippen LogP contribution in [0.4, 0.5) is 0 Å². The molecular weight excluding hydrogens is 185 g/mol. The second-order valence-corrected chi connectivity index (χ2v) is 2.36. The number of rotatable bonds is 6. The summed E-state index contributed by atoms with van der Waals surface area (Å²) in [6.07, 6.45) is 1.17. The molecule has 0 unspecified atom stereocenters. The predicted molar refractivity (Wildman–Crippen MR) is 47.2 cm³/mol. The summed E-state index contributed by atoms with van der Waals surface area (Å²) in [7, 11) is 0. The Morgan fingerprint density at radius 1 is 1.58 bits per heavy atom. The van der Waals surface area contributed by atoms with Crippen LogP contribution >= 0.6 is 0 Å². The average Bonchev–Trinajstić information content (AvgIpc) is 1.97. The van der Waals surface area contributed by atoms with Crippen molar-refractivity contribution < 1.29 is 15.0 Å². The summed E-state index contributed by atoms with van der Waals surface area (Å²) in [6.45, 7) is 2.55. The second-order valence-electron chi connectivity index (χ2n) is 2.36. The summed E-state index contributed by atoms with van der Waals surface area (Å²) in [6, 6.07) is -0.597. The van der Waals surface area contributed by atoms with E-state index in [9.17, 15) is 4.79 Å². The van der Waals surface area contributed by atoms with Gasteiger partial charge in [-0.2, -0.15) is 0 Å². The van der Waals surface area contributed by atoms with Gasteiger partial charge in [-0.15, -0.1) is 0 Å². The minimum absolute atomic E-state index is 0. The third kappa shape index (κ3) is 7.66. The molecule has 67 valence electrons. The first-order chi connectivity index (χ1) is 5.22. The van der Waals surface area contributed by atoms with Crippen molar-refractivity contribution in [2.75, 3.05) is 13.2 Å². The molecule has 0 bridgehead atoms. The maximum absolute atomic E-state index is 10.4. The Bertz CT molecular complexity index is 121. The van der Waals surface area contributed by atoms with Gasteiger partial charge in [0.05, 0.1) is 0 Å². The second kappa shape index (κ2) is 10.1. The Balaban J connectivity index is 0. The maximum atomic E-state index is 10.4. The molecule has 12 heavy (non-hydrogen) atoms. The SMILES string of the molecule is CCCN[C@@H](CCO)C(=O)O.[K]. The third-order valence-corrected chi connectivity index (χ3v) is 1.36. The molecule has 0 saturated heterocycles. The Hall–Kier alpha value is 1.03. The topological polar surface area (TPSA) is 69.6 Å². The fourth-order valence-corrected chi connectivity index (χ4v) is 0.761. The van der Waals surface area contributed by atoms with E-state index in [1.54, 1.807) is 0 Å². The summed E-state index contributed by atoms with van der Waals surface area (Å²) in [5.74, 6) is -0.896. The van der Waals surface area contributed by atoms with E-state index in [0.29, 0.717) is 6.54 Å². The van der Waals surface area contributed by atoms with Crippen LogP contribution in [0.25, 0.3) is 0 Å². The smallest absolute Gasteiger partial charge is 0.320 e. The van der Waals surface area contributed by atoms with Gasteiger partial charge in [0.2, 0.25) is 0 Å². The molecule has 4 nitrogen and oxygen atoms in total. The van der Waals surface area contributed by atoms with E-state index in [4.69, 9.17) is 10.2 Å². The van der Waals surface area contributed by atoms with E-state index in [-0.39, 0.29) is 64.4 Å². The van der Waals surface area contributed by atoms with Gasteiger partial charge in [-0.3, -0.25) is 4.79 Å². The van der Waals surface area contributed by atoms with Crippen molar-refractivity contribution in [2.45, 2.75) is 25.8 Å². The Kier molecular flexibility index (Phi) is 13.1. The zero-order valence-electron chi connectivity index (χ0n) is 7.71. The number of aliphatic hydroxyl groups is 1. The van der Waals surface area contributed by atoms with Gasteiger partial charge < -0.3 is 15.5 Å². The fourth-order valence-electron chi connectivity index (χ4n) is 0.761. The molecule has 0 saturated carbocycles. The summed E-state index contributed by atoms with van der Waals surface area (Å²) >= 11 is 0. The normalized spacial score (nSPS) is 11.8. The van der Waals surface area contributed by atoms with Gasteiger partial charge >= 0.3 is 5.97 Å². The number of carbonyl (C=O) groups is 1. The molecule has 0 rings (SSSR count). The van der Waals surface area contributed by atoms with Crippen molar-refractivity contribution in [2.24, 2.45) is 0 Å². The number of aliphatic carboxylic acids is 1. The molecule has 0 aromatic rings. The van der Waals surface area contributed by atoms with Crippen LogP contribution in [-0.4, -0.2) is 86.8 Å². The molecular formula is C7H15KNO3. The molecule has 0 heterocycles. The van der Waals surface area contributed by atoms with Crippen molar-refractivity contribution in [3.63, 3.8) is 0 Å². The van der Waals surface area contributed by atoms with Gasteiger partial charge in [-0.1, -0.05) is 6.92 Å². The Morgan fingerprint density at radius 2 is 2.17 bits per heavy atom. The van der Waals surface area contributed by atoms with Gasteiger partial charge in [0.1, 0.15) is 6.04 Å². The van der Waals surface area contributed by atoms with Crippen LogP contribution in [0, 0.1) is 0 Å². The largest absolute Gasteiger partial charge is 0.480 e. The van der Waals surface area contributed by atoms with E-state index in [2.05, 4.69) is 5.32 Å². The minimum atomic E-state index is -0.896. The third-order valence-electron chi connectivity index (χ3n) is 1.36. The molecule has 0 aromatic heterocycles. The molecule has 0 aliphatic rings. The van der Waals surface area contributed by atoms with E-state index in [1.165, 1.54) is 0 Å². The standard InChI is InChI=1S/C7H15NO3.K/c1-2-4-8-6(3-5-9)7(10)11;/h6,8-9H,2-5H2,1H3,(H,10,11);/t6-;/m0./s1. The van der Waals surface area contributed by atoms with Gasteiger partial charge in [0.25, 0.3) is 0 Å². The van der Waals surface area contributed by atoms with Gasteiger partial charge in [-0.05, 0) is 19.4 Å². The van der Waals surface area contributed by atoms with Crippen LogP contribution in [0.1, 0.15) is 19.8 Å². The van der Waals surface area contributed by atoms with Crippen LogP contribution in [0.3, 0.4) is 0 Å². The van der Waals surface area contributed by atoms with E-state index in [1.807, 2.05) is 6.92 Å². The number of hydrogen-bond donors (Lipinski definition) is 3. The van der Waals surface area contributed by atoms with Crippen LogP contribution in [0.5, 0.6) is 0 Å². The molecule has 1 radical (unpaired) electrons. The molecule has 0 aliphatic carbocycles. The number of aliphatic hydroxyl groups excluding tert-OH is 1. The number of nitrogens with one attached hydrogen (secondary N) is 1. The first-order valence-electron chi connectivity index (χ1n) is 3.79. The van der Waals surface area contributed by atoms with Crippen molar-refractivity contribution in [3.8, 4) is 0 Å². The van der Waals surface area contributed by atoms with Gasteiger partial charge in [0.15, 0.2) is 0 Å². The number of carboxylic acids is 1. The summed E-state index contributed by atoms with van der Waals surface area (Å²) in [4.78, 5) is 10.4. The zero-order chi connectivity index (χ0) is 8.69. The quantitative estimate of drug-likeness (QED) is 0.503. The molecule has 0 spiro atoms. The van der Waals surface area contributed by atoms with Crippen molar-refractivity contribution in [1.29, 1.82) is 0 Å². The van der Waals surface area contributed by atoms with Gasteiger partial charge in [-0.25, -0.2) is 0 Å². The molecule has 0 aromatic carbocycles. The monoisotopic (exact) mass is 200 g/mol. The van der Waals surface area contributed by atoms with E-state index in [0.717, 1.165) is 6.42 Å². The molecule has 3 N–H and O–H groups in total. The summed E-state index contributed by atoms with van der Waals surface area (Å²) < 4.78 is 0. The molecule has 0 amide bonds. The van der Waals surface area contributed by atoms with E-state index >= 15 is 0 Å². The van der Waals surface area contributed by atoms with Crippen molar-refractivity contribution in [3.05, 3.63) is 0 Å². The Labute approximate surface area is 115 Å². The predicted octanol–water partition coefficient (Wildman–Crippen LogP) is -0.559. The Morgan fingerprint density at radius 3 is 2.50 bits per heavy atom. The average molecular weight is 200 g/mol. The van der Waals surface area contributed by atoms with Crippen molar-refractivity contribution >= 4 is 57.4 Å². The molecule has 0 fully saturated rings. The molecule has 5 heteroatoms. The fraction of sp³-hybridized carbons (Fsp3) is 0.857. The molecule has 1 atom stereocenters. The van der Waals surface area contributed by atoms with Crippen LogP contribution < -0.4 is 5.32 Å². The first kappa shape index (κ1) is 15.5. The van der Waals surface area contributed by atoms with E-state index < -0.39 is 12.0 Å². The zero-order valence-corrected chi connectivity index (χ0v) is 10.8. The summed E-state index contributed by atoms with van der Waals surface area (Å²) in [5.41, 5.74) is 0. The number of carboxylic acid groups (broad SMARTS) is 1. The minimum Gasteiger partial charge on any atom is -0.480 e.